The summed E-state index contributed by atoms with van der Waals surface area (Å²) in [5, 5.41) is 10.5. The first kappa shape index (κ1) is 14.9. The number of nitro benzene ring substituents is 1. The Labute approximate surface area is 121 Å². The van der Waals surface area contributed by atoms with E-state index in [-0.39, 0.29) is 24.1 Å². The van der Waals surface area contributed by atoms with Gasteiger partial charge in [-0.05, 0) is 42.3 Å². The van der Waals surface area contributed by atoms with E-state index in [0.717, 1.165) is 5.56 Å². The van der Waals surface area contributed by atoms with E-state index < -0.39 is 10.7 Å². The molecule has 0 amide bonds. The van der Waals surface area contributed by atoms with Crippen LogP contribution in [0.2, 0.25) is 0 Å². The standard InChI is InChI=1S/C15H15FN2O3/c1-10(17)12-4-7-15(14(16)8-12)21-9-11-2-5-13(6-3-11)18(19)20/h2-8,10H,9,17H2,1H3. The molecule has 0 spiro atoms. The highest BCUT2D eigenvalue weighted by atomic mass is 19.1. The molecule has 0 radical (unpaired) electrons. The summed E-state index contributed by atoms with van der Waals surface area (Å²) in [6.45, 7) is 1.90. The average Bonchev–Trinajstić information content (AvgIpc) is 2.46. The first-order valence-electron chi connectivity index (χ1n) is 6.38. The van der Waals surface area contributed by atoms with E-state index in [4.69, 9.17) is 10.5 Å². The molecule has 0 aromatic heterocycles. The van der Waals surface area contributed by atoms with Crippen molar-refractivity contribution in [2.45, 2.75) is 19.6 Å². The van der Waals surface area contributed by atoms with Crippen LogP contribution in [0, 0.1) is 15.9 Å². The predicted molar refractivity (Wildman–Crippen MR) is 76.4 cm³/mol. The van der Waals surface area contributed by atoms with Gasteiger partial charge >= 0.3 is 0 Å². The van der Waals surface area contributed by atoms with Crippen LogP contribution in [-0.4, -0.2) is 4.92 Å². The van der Waals surface area contributed by atoms with Gasteiger partial charge in [-0.2, -0.15) is 0 Å². The lowest BCUT2D eigenvalue weighted by Gasteiger charge is -2.10. The first-order chi connectivity index (χ1) is 9.97. The highest BCUT2D eigenvalue weighted by molar-refractivity contribution is 5.34. The third-order valence-electron chi connectivity index (χ3n) is 3.02. The maximum Gasteiger partial charge on any atom is 0.269 e. The minimum Gasteiger partial charge on any atom is -0.486 e. The molecule has 0 saturated heterocycles. The maximum atomic E-state index is 13.8. The van der Waals surface area contributed by atoms with Crippen LogP contribution < -0.4 is 10.5 Å². The second kappa shape index (κ2) is 6.32. The Morgan fingerprint density at radius 1 is 1.29 bits per heavy atom. The topological polar surface area (TPSA) is 78.4 Å². The Bertz CT molecular complexity index is 642. The largest absolute Gasteiger partial charge is 0.486 e. The molecule has 0 saturated carbocycles. The highest BCUT2D eigenvalue weighted by Crippen LogP contribution is 2.22. The second-order valence-corrected chi connectivity index (χ2v) is 4.69. The number of nitro groups is 1. The van der Waals surface area contributed by atoms with Crippen LogP contribution in [0.25, 0.3) is 0 Å². The number of hydrogen-bond donors (Lipinski definition) is 1. The lowest BCUT2D eigenvalue weighted by Crippen LogP contribution is -2.06. The summed E-state index contributed by atoms with van der Waals surface area (Å²) in [5.41, 5.74) is 7.09. The summed E-state index contributed by atoms with van der Waals surface area (Å²) in [7, 11) is 0. The minimum atomic E-state index is -0.480. The lowest BCUT2D eigenvalue weighted by atomic mass is 10.1. The number of rotatable bonds is 5. The van der Waals surface area contributed by atoms with Gasteiger partial charge in [-0.25, -0.2) is 4.39 Å². The summed E-state index contributed by atoms with van der Waals surface area (Å²) in [6, 6.07) is 10.2. The number of hydrogen-bond acceptors (Lipinski definition) is 4. The van der Waals surface area contributed by atoms with Crippen LogP contribution in [0.3, 0.4) is 0 Å². The van der Waals surface area contributed by atoms with Crippen LogP contribution >= 0.6 is 0 Å². The van der Waals surface area contributed by atoms with Gasteiger partial charge in [0, 0.05) is 18.2 Å². The molecule has 2 rings (SSSR count). The zero-order valence-electron chi connectivity index (χ0n) is 11.5. The van der Waals surface area contributed by atoms with E-state index in [0.29, 0.717) is 5.56 Å². The van der Waals surface area contributed by atoms with Crippen LogP contribution in [0.5, 0.6) is 5.75 Å². The average molecular weight is 290 g/mol. The molecule has 1 atom stereocenters. The molecule has 0 heterocycles. The van der Waals surface area contributed by atoms with Crippen molar-refractivity contribution in [3.05, 3.63) is 69.5 Å². The summed E-state index contributed by atoms with van der Waals surface area (Å²) >= 11 is 0. The Hall–Kier alpha value is -2.47. The molecule has 2 aromatic rings. The smallest absolute Gasteiger partial charge is 0.269 e. The Morgan fingerprint density at radius 2 is 1.95 bits per heavy atom. The molecule has 0 fully saturated rings. The van der Waals surface area contributed by atoms with Crippen LogP contribution in [0.4, 0.5) is 10.1 Å². The van der Waals surface area contributed by atoms with E-state index in [9.17, 15) is 14.5 Å². The molecule has 0 aliphatic rings. The van der Waals surface area contributed by atoms with Crippen LogP contribution in [0.1, 0.15) is 24.1 Å². The molecule has 2 aromatic carbocycles. The van der Waals surface area contributed by atoms with Crippen molar-refractivity contribution >= 4 is 5.69 Å². The lowest BCUT2D eigenvalue weighted by molar-refractivity contribution is -0.384. The fourth-order valence-corrected chi connectivity index (χ4v) is 1.79. The Kier molecular flexibility index (Phi) is 4.49. The molecule has 0 bridgehead atoms. The van der Waals surface area contributed by atoms with Crippen LogP contribution in [0.15, 0.2) is 42.5 Å². The Morgan fingerprint density at radius 3 is 2.48 bits per heavy atom. The van der Waals surface area contributed by atoms with Crippen molar-refractivity contribution in [3.63, 3.8) is 0 Å². The van der Waals surface area contributed by atoms with Gasteiger partial charge in [0.05, 0.1) is 4.92 Å². The monoisotopic (exact) mass is 290 g/mol. The van der Waals surface area contributed by atoms with Crippen molar-refractivity contribution in [2.24, 2.45) is 5.73 Å². The Balaban J connectivity index is 2.04. The molecule has 0 aliphatic heterocycles. The van der Waals surface area contributed by atoms with E-state index in [1.807, 2.05) is 0 Å². The van der Waals surface area contributed by atoms with Crippen molar-refractivity contribution in [1.82, 2.24) is 0 Å². The SMILES string of the molecule is CC(N)c1ccc(OCc2ccc([N+](=O)[O-])cc2)c(F)c1. The first-order valence-corrected chi connectivity index (χ1v) is 6.38. The number of nitrogens with zero attached hydrogens (tertiary/aromatic N) is 1. The second-order valence-electron chi connectivity index (χ2n) is 4.69. The van der Waals surface area contributed by atoms with Gasteiger partial charge in [0.1, 0.15) is 6.61 Å². The number of nitrogens with two attached hydrogens (primary N) is 1. The summed E-state index contributed by atoms with van der Waals surface area (Å²) in [6.07, 6.45) is 0. The van der Waals surface area contributed by atoms with E-state index in [1.54, 1.807) is 25.1 Å². The van der Waals surface area contributed by atoms with Gasteiger partial charge in [0.25, 0.3) is 5.69 Å². The maximum absolute atomic E-state index is 13.8. The molecule has 2 N–H and O–H groups in total. The molecule has 21 heavy (non-hydrogen) atoms. The summed E-state index contributed by atoms with van der Waals surface area (Å²) in [4.78, 5) is 10.1. The molecule has 1 unspecified atom stereocenters. The highest BCUT2D eigenvalue weighted by Gasteiger charge is 2.08. The van der Waals surface area contributed by atoms with Gasteiger partial charge in [0.15, 0.2) is 11.6 Å². The van der Waals surface area contributed by atoms with E-state index in [2.05, 4.69) is 0 Å². The normalized spacial score (nSPS) is 12.0. The number of benzene rings is 2. The van der Waals surface area contributed by atoms with Crippen LogP contribution in [-0.2, 0) is 6.61 Å². The fraction of sp³-hybridized carbons (Fsp3) is 0.200. The van der Waals surface area contributed by atoms with Gasteiger partial charge in [-0.15, -0.1) is 0 Å². The van der Waals surface area contributed by atoms with Crippen molar-refractivity contribution in [1.29, 1.82) is 0 Å². The van der Waals surface area contributed by atoms with Crippen molar-refractivity contribution in [2.75, 3.05) is 0 Å². The molecule has 6 heteroatoms. The zero-order chi connectivity index (χ0) is 15.4. The van der Waals surface area contributed by atoms with Crippen molar-refractivity contribution in [3.8, 4) is 5.75 Å². The number of halogens is 1. The number of non-ortho nitro benzene ring substituents is 1. The third-order valence-corrected chi connectivity index (χ3v) is 3.02. The molecule has 0 aliphatic carbocycles. The summed E-state index contributed by atoms with van der Waals surface area (Å²) < 4.78 is 19.2. The van der Waals surface area contributed by atoms with Gasteiger partial charge < -0.3 is 10.5 Å². The molecule has 5 nitrogen and oxygen atoms in total. The molecular formula is C15H15FN2O3. The molecular weight excluding hydrogens is 275 g/mol. The van der Waals surface area contributed by atoms with Gasteiger partial charge in [0.2, 0.25) is 0 Å². The van der Waals surface area contributed by atoms with Gasteiger partial charge in [-0.1, -0.05) is 6.07 Å². The molecule has 110 valence electrons. The van der Waals surface area contributed by atoms with Gasteiger partial charge in [-0.3, -0.25) is 10.1 Å². The van der Waals surface area contributed by atoms with E-state index >= 15 is 0 Å². The third kappa shape index (κ3) is 3.76. The number of ether oxygens (including phenoxy) is 1. The summed E-state index contributed by atoms with van der Waals surface area (Å²) in [5.74, 6) is -0.357. The quantitative estimate of drug-likeness (QED) is 0.676. The zero-order valence-corrected chi connectivity index (χ0v) is 11.5. The van der Waals surface area contributed by atoms with Crippen molar-refractivity contribution < 1.29 is 14.1 Å². The predicted octanol–water partition coefficient (Wildman–Crippen LogP) is 3.33. The minimum absolute atomic E-state index is 0.00576. The fourth-order valence-electron chi connectivity index (χ4n) is 1.79. The van der Waals surface area contributed by atoms with E-state index in [1.165, 1.54) is 24.3 Å².